The van der Waals surface area contributed by atoms with Crippen molar-refractivity contribution < 1.29 is 8.82 Å². The van der Waals surface area contributed by atoms with Gasteiger partial charge in [-0.25, -0.2) is 0 Å². The molecule has 0 spiro atoms. The van der Waals surface area contributed by atoms with Crippen LogP contribution in [0.25, 0.3) is 83.0 Å². The van der Waals surface area contributed by atoms with Crippen LogP contribution in [0.1, 0.15) is 0 Å². The van der Waals surface area contributed by atoms with E-state index < -0.39 is 0 Å². The van der Waals surface area contributed by atoms with E-state index in [0.717, 1.165) is 72.5 Å². The van der Waals surface area contributed by atoms with Gasteiger partial charge in [0.15, 0.2) is 0 Å². The highest BCUT2D eigenvalue weighted by Crippen LogP contribution is 2.46. The average Bonchev–Trinajstić information content (AvgIpc) is 3.65. The van der Waals surface area contributed by atoms with Crippen LogP contribution >= 0.6 is 0 Å². The van der Waals surface area contributed by atoms with E-state index in [-0.39, 0.29) is 0 Å². The maximum absolute atomic E-state index is 6.73. The molecule has 0 unspecified atom stereocenters. The molecule has 0 aliphatic heterocycles. The summed E-state index contributed by atoms with van der Waals surface area (Å²) in [5.74, 6) is 1.43. The van der Waals surface area contributed by atoms with Gasteiger partial charge in [0, 0.05) is 34.0 Å². The van der Waals surface area contributed by atoms with Crippen molar-refractivity contribution in [2.24, 2.45) is 0 Å². The smallest absolute Gasteiger partial charge is 0.309 e. The van der Waals surface area contributed by atoms with Crippen LogP contribution in [0.3, 0.4) is 0 Å². The standard InChI is InChI=1S/C51H33N4O/c1-3-15-34(16-4-1)35-26-28-38(29-27-35)55(45-31-37-19-7-8-20-40(37)41-21-9-10-22-42(41)45)39-32-44(49-43-23-11-12-24-46(43)56-47(49)33-39)50-52-48-25-13-14-30-54(48)51(53-50)36-17-5-2-6-18-36/h1-33H/q+1. The van der Waals surface area contributed by atoms with Crippen molar-refractivity contribution >= 4 is 66.2 Å². The molecular formula is C51H33N4O+. The van der Waals surface area contributed by atoms with Gasteiger partial charge in [-0.15, -0.1) is 0 Å². The van der Waals surface area contributed by atoms with Gasteiger partial charge in [-0.2, -0.15) is 4.40 Å². The minimum Gasteiger partial charge on any atom is -0.456 e. The number of furan rings is 1. The van der Waals surface area contributed by atoms with Gasteiger partial charge >= 0.3 is 5.82 Å². The van der Waals surface area contributed by atoms with Crippen LogP contribution in [0.5, 0.6) is 0 Å². The van der Waals surface area contributed by atoms with Crippen LogP contribution in [-0.4, -0.2) is 9.97 Å². The number of benzene rings is 8. The first kappa shape index (κ1) is 31.9. The molecule has 5 heteroatoms. The zero-order valence-corrected chi connectivity index (χ0v) is 30.2. The predicted molar refractivity (Wildman–Crippen MR) is 228 cm³/mol. The molecule has 5 nitrogen and oxygen atoms in total. The Morgan fingerprint density at radius 3 is 1.89 bits per heavy atom. The number of hydrogen-bond donors (Lipinski definition) is 0. The fraction of sp³-hybridized carbons (Fsp3) is 0. The lowest BCUT2D eigenvalue weighted by atomic mass is 9.98. The first-order valence-electron chi connectivity index (χ1n) is 18.8. The van der Waals surface area contributed by atoms with Crippen LogP contribution in [0, 0.1) is 0 Å². The summed E-state index contributed by atoms with van der Waals surface area (Å²) in [6.45, 7) is 0. The molecule has 0 N–H and O–H groups in total. The van der Waals surface area contributed by atoms with E-state index in [1.807, 2.05) is 54.7 Å². The molecule has 0 saturated heterocycles. The monoisotopic (exact) mass is 717 g/mol. The molecule has 262 valence electrons. The van der Waals surface area contributed by atoms with E-state index in [4.69, 9.17) is 14.4 Å². The summed E-state index contributed by atoms with van der Waals surface area (Å²) in [6, 6.07) is 68.0. The highest BCUT2D eigenvalue weighted by atomic mass is 16.3. The summed E-state index contributed by atoms with van der Waals surface area (Å²) >= 11 is 0. The van der Waals surface area contributed by atoms with E-state index in [2.05, 4.69) is 155 Å². The number of pyridine rings is 1. The van der Waals surface area contributed by atoms with Crippen molar-refractivity contribution in [2.45, 2.75) is 0 Å². The molecule has 56 heavy (non-hydrogen) atoms. The van der Waals surface area contributed by atoms with Gasteiger partial charge in [0.2, 0.25) is 0 Å². The Hall–Kier alpha value is -7.63. The van der Waals surface area contributed by atoms with E-state index in [1.165, 1.54) is 21.7 Å². The summed E-state index contributed by atoms with van der Waals surface area (Å²) in [4.78, 5) is 12.9. The highest BCUT2D eigenvalue weighted by Gasteiger charge is 2.27. The molecule has 0 radical (unpaired) electrons. The Bertz CT molecular complexity index is 3250. The summed E-state index contributed by atoms with van der Waals surface area (Å²) < 4.78 is 8.78. The third-order valence-electron chi connectivity index (χ3n) is 10.7. The number of para-hydroxylation sites is 1. The van der Waals surface area contributed by atoms with Gasteiger partial charge in [0.1, 0.15) is 11.2 Å². The normalized spacial score (nSPS) is 11.6. The lowest BCUT2D eigenvalue weighted by molar-refractivity contribution is -0.505. The highest BCUT2D eigenvalue weighted by molar-refractivity contribution is 6.16. The Morgan fingerprint density at radius 2 is 1.09 bits per heavy atom. The second-order valence-electron chi connectivity index (χ2n) is 14.0. The molecule has 11 rings (SSSR count). The van der Waals surface area contributed by atoms with Gasteiger partial charge in [-0.05, 0) is 75.8 Å². The summed E-state index contributed by atoms with van der Waals surface area (Å²) in [5, 5.41) is 6.72. The number of aromatic nitrogens is 3. The van der Waals surface area contributed by atoms with Gasteiger partial charge in [0.05, 0.1) is 28.7 Å². The molecule has 0 saturated carbocycles. The third kappa shape index (κ3) is 5.29. The van der Waals surface area contributed by atoms with Crippen molar-refractivity contribution in [2.75, 3.05) is 4.90 Å². The van der Waals surface area contributed by atoms with E-state index in [1.54, 1.807) is 0 Å². The van der Waals surface area contributed by atoms with E-state index in [0.29, 0.717) is 5.82 Å². The molecule has 0 amide bonds. The quantitative estimate of drug-likeness (QED) is 0.127. The number of hydrogen-bond acceptors (Lipinski definition) is 4. The van der Waals surface area contributed by atoms with Crippen molar-refractivity contribution in [3.05, 3.63) is 200 Å². The van der Waals surface area contributed by atoms with Crippen molar-refractivity contribution in [1.82, 2.24) is 9.97 Å². The zero-order chi connectivity index (χ0) is 37.0. The van der Waals surface area contributed by atoms with Crippen LogP contribution < -0.4 is 9.30 Å². The average molecular weight is 718 g/mol. The van der Waals surface area contributed by atoms with Gasteiger partial charge in [-0.3, -0.25) is 0 Å². The molecule has 0 aliphatic carbocycles. The van der Waals surface area contributed by atoms with Crippen molar-refractivity contribution in [3.8, 4) is 33.9 Å². The van der Waals surface area contributed by atoms with Crippen LogP contribution in [0.15, 0.2) is 205 Å². The Kier molecular flexibility index (Phi) is 7.42. The molecular weight excluding hydrogens is 685 g/mol. The number of nitrogens with zero attached hydrogens (tertiary/aromatic N) is 4. The fourth-order valence-corrected chi connectivity index (χ4v) is 8.13. The van der Waals surface area contributed by atoms with Crippen molar-refractivity contribution in [1.29, 1.82) is 0 Å². The first-order chi connectivity index (χ1) is 27.8. The lowest BCUT2D eigenvalue weighted by Gasteiger charge is -2.28. The molecule has 11 aromatic rings. The third-order valence-corrected chi connectivity index (χ3v) is 10.7. The summed E-state index contributed by atoms with van der Waals surface area (Å²) in [5.41, 5.74) is 9.62. The Labute approximate surface area is 323 Å². The SMILES string of the molecule is c1ccc(-c2ccc(N(c3cc(-c4nc(-c5ccccc5)[n+]5ccccc5n4)c4c(c3)oc3ccccc34)c3cc4ccccc4c4ccccc34)cc2)cc1. The topological polar surface area (TPSA) is 46.3 Å². The lowest BCUT2D eigenvalue weighted by Crippen LogP contribution is -2.27. The van der Waals surface area contributed by atoms with E-state index >= 15 is 0 Å². The van der Waals surface area contributed by atoms with Crippen molar-refractivity contribution in [3.63, 3.8) is 0 Å². The first-order valence-corrected chi connectivity index (χ1v) is 18.8. The van der Waals surface area contributed by atoms with E-state index in [9.17, 15) is 0 Å². The van der Waals surface area contributed by atoms with Gasteiger partial charge < -0.3 is 9.32 Å². The number of anilines is 3. The number of rotatable bonds is 6. The molecule has 0 aliphatic rings. The second-order valence-corrected chi connectivity index (χ2v) is 14.0. The minimum absolute atomic E-state index is 0.621. The summed E-state index contributed by atoms with van der Waals surface area (Å²) in [7, 11) is 0. The largest absolute Gasteiger partial charge is 0.456 e. The minimum atomic E-state index is 0.621. The molecule has 0 fully saturated rings. The Morgan fingerprint density at radius 1 is 0.446 bits per heavy atom. The van der Waals surface area contributed by atoms with Gasteiger partial charge in [-0.1, -0.05) is 143 Å². The molecule has 3 aromatic heterocycles. The predicted octanol–water partition coefficient (Wildman–Crippen LogP) is 12.9. The maximum Gasteiger partial charge on any atom is 0.309 e. The number of fused-ring (bicyclic) bond motifs is 7. The Balaban J connectivity index is 1.22. The molecule has 0 atom stereocenters. The van der Waals surface area contributed by atoms with Crippen LogP contribution in [0.4, 0.5) is 17.1 Å². The summed E-state index contributed by atoms with van der Waals surface area (Å²) in [6.07, 6.45) is 2.02. The van der Waals surface area contributed by atoms with Gasteiger partial charge in [0.25, 0.3) is 11.5 Å². The fourth-order valence-electron chi connectivity index (χ4n) is 8.13. The van der Waals surface area contributed by atoms with Crippen LogP contribution in [0.2, 0.25) is 0 Å². The molecule has 0 bridgehead atoms. The molecule has 3 heterocycles. The maximum atomic E-state index is 6.73. The second kappa shape index (κ2) is 13.0. The zero-order valence-electron chi connectivity index (χ0n) is 30.2. The van der Waals surface area contributed by atoms with Crippen LogP contribution in [-0.2, 0) is 0 Å². The molecule has 8 aromatic carbocycles.